The molecule has 1 aromatic rings. The van der Waals surface area contributed by atoms with Crippen LogP contribution in [-0.4, -0.2) is 59.2 Å². The van der Waals surface area contributed by atoms with Crippen LogP contribution >= 0.6 is 11.6 Å². The molecule has 2 amide bonds. The van der Waals surface area contributed by atoms with Crippen molar-refractivity contribution in [3.8, 4) is 0 Å². The van der Waals surface area contributed by atoms with Gasteiger partial charge in [0.2, 0.25) is 5.91 Å². The maximum absolute atomic E-state index is 13.6. The van der Waals surface area contributed by atoms with Crippen molar-refractivity contribution in [2.45, 2.75) is 56.2 Å². The molecule has 0 aromatic heterocycles. The Balaban J connectivity index is 1.57. The Morgan fingerprint density at radius 2 is 1.86 bits per heavy atom. The summed E-state index contributed by atoms with van der Waals surface area (Å²) in [7, 11) is 0. The second-order valence-corrected chi connectivity index (χ2v) is 9.09. The number of alkyl halides is 1. The number of ketones is 1. The first-order valence-electron chi connectivity index (χ1n) is 10.4. The van der Waals surface area contributed by atoms with Crippen molar-refractivity contribution in [3.63, 3.8) is 0 Å². The van der Waals surface area contributed by atoms with Crippen LogP contribution in [-0.2, 0) is 14.3 Å². The number of hydrogen-bond acceptors (Lipinski definition) is 4. The van der Waals surface area contributed by atoms with Gasteiger partial charge in [-0.05, 0) is 36.8 Å². The van der Waals surface area contributed by atoms with Gasteiger partial charge in [0.25, 0.3) is 5.91 Å². The lowest BCUT2D eigenvalue weighted by atomic mass is 9.78. The van der Waals surface area contributed by atoms with E-state index in [0.29, 0.717) is 11.5 Å². The number of hydrogen-bond donors (Lipinski definition) is 1. The third-order valence-corrected chi connectivity index (χ3v) is 6.91. The monoisotopic (exact) mass is 418 g/mol. The minimum absolute atomic E-state index is 0.00961. The van der Waals surface area contributed by atoms with Gasteiger partial charge in [-0.25, -0.2) is 0 Å². The number of nitrogens with one attached hydrogen (secondary N) is 1. The van der Waals surface area contributed by atoms with Gasteiger partial charge in [-0.3, -0.25) is 14.4 Å². The van der Waals surface area contributed by atoms with Gasteiger partial charge in [0.15, 0.2) is 5.78 Å². The predicted molar refractivity (Wildman–Crippen MR) is 109 cm³/mol. The molecule has 1 N–H and O–H groups in total. The molecule has 2 saturated heterocycles. The number of carbonyl (C=O) groups excluding carboxylic acids is 3. The molecule has 4 atom stereocenters. The first-order chi connectivity index (χ1) is 14.0. The lowest BCUT2D eigenvalue weighted by Crippen LogP contribution is -2.55. The Morgan fingerprint density at radius 3 is 2.55 bits per heavy atom. The molecule has 2 heterocycles. The fourth-order valence-electron chi connectivity index (χ4n) is 4.82. The second-order valence-electron chi connectivity index (χ2n) is 8.53. The summed E-state index contributed by atoms with van der Waals surface area (Å²) in [5.74, 6) is 0.0779. The summed E-state index contributed by atoms with van der Waals surface area (Å²) in [5.41, 5.74) is 0.518. The second kappa shape index (κ2) is 8.44. The molecule has 1 aromatic carbocycles. The van der Waals surface area contributed by atoms with Gasteiger partial charge >= 0.3 is 0 Å². The number of fused-ring (bicyclic) bond motifs is 1. The molecule has 6 nitrogen and oxygen atoms in total. The maximum atomic E-state index is 13.6. The number of benzene rings is 1. The number of nitrogens with zero attached hydrogens (tertiary/aromatic N) is 1. The average molecular weight is 419 g/mol. The van der Waals surface area contributed by atoms with Crippen LogP contribution in [0, 0.1) is 11.8 Å². The molecule has 29 heavy (non-hydrogen) atoms. The molecular weight excluding hydrogens is 392 g/mol. The molecule has 156 valence electrons. The molecule has 7 heteroatoms. The van der Waals surface area contributed by atoms with E-state index < -0.39 is 23.6 Å². The predicted octanol–water partition coefficient (Wildman–Crippen LogP) is 2.40. The zero-order chi connectivity index (χ0) is 20.5. The fraction of sp³-hybridized carbons (Fsp3) is 0.591. The first kappa shape index (κ1) is 20.4. The van der Waals surface area contributed by atoms with E-state index in [1.54, 1.807) is 29.2 Å². The van der Waals surface area contributed by atoms with Gasteiger partial charge < -0.3 is 15.0 Å². The molecule has 3 fully saturated rings. The molecule has 3 aliphatic rings. The standard InChI is InChI=1S/C22H27ClN2O4/c1-13-7-9-14(10-8-13)18(24-21(27)15-5-3-2-4-6-15)22(28)25-11-16(23)20-19(25)17(26)12-29-20/h2-6,13-14,16,18-20H,7-12H2,1H3,(H,24,27)/t13?,14?,16-,18+,19-,20-/m1/s1. The van der Waals surface area contributed by atoms with Crippen LogP contribution in [0.15, 0.2) is 30.3 Å². The average Bonchev–Trinajstić information content (AvgIpc) is 3.28. The number of ether oxygens (including phenoxy) is 1. The van der Waals surface area contributed by atoms with Gasteiger partial charge in [0.1, 0.15) is 24.8 Å². The van der Waals surface area contributed by atoms with Crippen LogP contribution in [0.2, 0.25) is 0 Å². The van der Waals surface area contributed by atoms with Gasteiger partial charge in [-0.15, -0.1) is 11.6 Å². The van der Waals surface area contributed by atoms with Crippen molar-refractivity contribution in [3.05, 3.63) is 35.9 Å². The van der Waals surface area contributed by atoms with Crippen molar-refractivity contribution in [1.82, 2.24) is 10.2 Å². The maximum Gasteiger partial charge on any atom is 0.251 e. The van der Waals surface area contributed by atoms with Crippen LogP contribution in [0.25, 0.3) is 0 Å². The van der Waals surface area contributed by atoms with E-state index in [9.17, 15) is 14.4 Å². The molecule has 1 aliphatic carbocycles. The zero-order valence-corrected chi connectivity index (χ0v) is 17.3. The molecule has 2 aliphatic heterocycles. The van der Waals surface area contributed by atoms with Gasteiger partial charge in [-0.2, -0.15) is 0 Å². The molecule has 0 radical (unpaired) electrons. The summed E-state index contributed by atoms with van der Waals surface area (Å²) in [6, 6.07) is 7.61. The summed E-state index contributed by atoms with van der Waals surface area (Å²) < 4.78 is 5.51. The van der Waals surface area contributed by atoms with E-state index >= 15 is 0 Å². The van der Waals surface area contributed by atoms with Crippen molar-refractivity contribution in [2.75, 3.05) is 13.2 Å². The normalized spacial score (nSPS) is 32.7. The van der Waals surface area contributed by atoms with E-state index in [0.717, 1.165) is 25.7 Å². The molecule has 0 unspecified atom stereocenters. The van der Waals surface area contributed by atoms with Gasteiger partial charge in [-0.1, -0.05) is 38.0 Å². The number of amides is 2. The summed E-state index contributed by atoms with van der Waals surface area (Å²) >= 11 is 6.37. The lowest BCUT2D eigenvalue weighted by molar-refractivity contribution is -0.139. The van der Waals surface area contributed by atoms with Crippen LogP contribution < -0.4 is 5.32 Å². The number of rotatable bonds is 4. The Labute approximate surface area is 175 Å². The number of carbonyl (C=O) groups is 3. The van der Waals surface area contributed by atoms with Crippen molar-refractivity contribution in [2.24, 2.45) is 11.8 Å². The number of Topliss-reactive ketones (excluding diaryl/α,β-unsaturated/α-hetero) is 1. The largest absolute Gasteiger partial charge is 0.366 e. The van der Waals surface area contributed by atoms with Crippen LogP contribution in [0.1, 0.15) is 43.0 Å². The highest BCUT2D eigenvalue weighted by atomic mass is 35.5. The van der Waals surface area contributed by atoms with E-state index in [1.807, 2.05) is 6.07 Å². The summed E-state index contributed by atoms with van der Waals surface area (Å²) in [4.78, 5) is 40.3. The van der Waals surface area contributed by atoms with Crippen molar-refractivity contribution in [1.29, 1.82) is 0 Å². The van der Waals surface area contributed by atoms with Crippen molar-refractivity contribution >= 4 is 29.2 Å². The van der Waals surface area contributed by atoms with E-state index in [-0.39, 0.29) is 36.7 Å². The van der Waals surface area contributed by atoms with Gasteiger partial charge in [0, 0.05) is 12.1 Å². The molecule has 0 bridgehead atoms. The highest BCUT2D eigenvalue weighted by molar-refractivity contribution is 6.22. The molecule has 0 spiro atoms. The lowest BCUT2D eigenvalue weighted by Gasteiger charge is -2.35. The van der Waals surface area contributed by atoms with E-state index in [2.05, 4.69) is 12.2 Å². The van der Waals surface area contributed by atoms with Gasteiger partial charge in [0.05, 0.1) is 5.38 Å². The molecular formula is C22H27ClN2O4. The Kier molecular flexibility index (Phi) is 5.93. The Bertz CT molecular complexity index is 778. The zero-order valence-electron chi connectivity index (χ0n) is 16.6. The molecule has 1 saturated carbocycles. The number of likely N-dealkylation sites (tertiary alicyclic amines) is 1. The topological polar surface area (TPSA) is 75.7 Å². The quantitative estimate of drug-likeness (QED) is 0.762. The fourth-order valence-corrected chi connectivity index (χ4v) is 5.18. The Hall–Kier alpha value is -1.92. The Morgan fingerprint density at radius 1 is 1.17 bits per heavy atom. The van der Waals surface area contributed by atoms with E-state index in [1.165, 1.54) is 0 Å². The minimum Gasteiger partial charge on any atom is -0.366 e. The highest BCUT2D eigenvalue weighted by Crippen LogP contribution is 2.35. The molecule has 4 rings (SSSR count). The first-order valence-corrected chi connectivity index (χ1v) is 10.8. The summed E-state index contributed by atoms with van der Waals surface area (Å²) in [5, 5.41) is 2.57. The summed E-state index contributed by atoms with van der Waals surface area (Å²) in [6.07, 6.45) is 3.36. The van der Waals surface area contributed by atoms with Crippen molar-refractivity contribution < 1.29 is 19.1 Å². The third-order valence-electron chi connectivity index (χ3n) is 6.53. The van der Waals surface area contributed by atoms with Crippen LogP contribution in [0.4, 0.5) is 0 Å². The smallest absolute Gasteiger partial charge is 0.251 e. The highest BCUT2D eigenvalue weighted by Gasteiger charge is 2.53. The SMILES string of the molecule is CC1CCC([C@H](NC(=O)c2ccccc2)C(=O)N2C[C@@H](Cl)[C@H]3OCC(=O)[C@H]32)CC1. The summed E-state index contributed by atoms with van der Waals surface area (Å²) in [6.45, 7) is 2.47. The van der Waals surface area contributed by atoms with Crippen LogP contribution in [0.5, 0.6) is 0 Å². The number of halogens is 1. The van der Waals surface area contributed by atoms with E-state index in [4.69, 9.17) is 16.3 Å². The minimum atomic E-state index is -0.661. The van der Waals surface area contributed by atoms with Crippen LogP contribution in [0.3, 0.4) is 0 Å². The third kappa shape index (κ3) is 4.05.